The third-order valence-corrected chi connectivity index (χ3v) is 4.79. The predicted octanol–water partition coefficient (Wildman–Crippen LogP) is -0.108. The minimum absolute atomic E-state index is 0.173. The number of hydrogen-bond acceptors (Lipinski definition) is 6. The fourth-order valence-corrected chi connectivity index (χ4v) is 3.18. The van der Waals surface area contributed by atoms with Crippen molar-refractivity contribution in [1.82, 2.24) is 36.3 Å². The maximum Gasteiger partial charge on any atom is 0.254 e. The Labute approximate surface area is 174 Å². The lowest BCUT2D eigenvalue weighted by Gasteiger charge is -2.19. The van der Waals surface area contributed by atoms with Crippen molar-refractivity contribution in [2.45, 2.75) is 38.8 Å². The second kappa shape index (κ2) is 10.5. The first kappa shape index (κ1) is 21.4. The van der Waals surface area contributed by atoms with E-state index in [-0.39, 0.29) is 30.8 Å². The SMILES string of the molecule is CCNCCCC[C@@H]1NC(=O)c2ccccc2-n2cc(nn2)CNC(=O)CNC1=O. The van der Waals surface area contributed by atoms with E-state index in [1.165, 1.54) is 4.68 Å². The largest absolute Gasteiger partial charge is 0.349 e. The summed E-state index contributed by atoms with van der Waals surface area (Å²) in [4.78, 5) is 37.7. The summed E-state index contributed by atoms with van der Waals surface area (Å²) in [5, 5.41) is 19.5. The maximum absolute atomic E-state index is 13.0. The Kier molecular flexibility index (Phi) is 7.50. The van der Waals surface area contributed by atoms with Crippen LogP contribution < -0.4 is 21.3 Å². The summed E-state index contributed by atoms with van der Waals surface area (Å²) >= 11 is 0. The van der Waals surface area contributed by atoms with E-state index in [2.05, 4.69) is 31.6 Å². The van der Waals surface area contributed by atoms with Crippen LogP contribution in [0, 0.1) is 0 Å². The molecule has 0 radical (unpaired) electrons. The van der Waals surface area contributed by atoms with Crippen molar-refractivity contribution in [3.05, 3.63) is 41.7 Å². The zero-order valence-corrected chi connectivity index (χ0v) is 17.0. The van der Waals surface area contributed by atoms with Gasteiger partial charge in [-0.05, 0) is 44.5 Å². The average molecular weight is 413 g/mol. The molecule has 2 aromatic rings. The molecule has 0 unspecified atom stereocenters. The van der Waals surface area contributed by atoms with Crippen molar-refractivity contribution in [2.75, 3.05) is 19.6 Å². The normalized spacial score (nSPS) is 17.4. The highest BCUT2D eigenvalue weighted by Crippen LogP contribution is 2.15. The van der Waals surface area contributed by atoms with Gasteiger partial charge >= 0.3 is 0 Å². The number of hydrogen-bond donors (Lipinski definition) is 4. The van der Waals surface area contributed by atoms with E-state index < -0.39 is 6.04 Å². The third-order valence-electron chi connectivity index (χ3n) is 4.79. The van der Waals surface area contributed by atoms with Gasteiger partial charge in [-0.1, -0.05) is 24.3 Å². The molecule has 0 saturated carbocycles. The summed E-state index contributed by atoms with van der Waals surface area (Å²) < 4.78 is 1.49. The molecule has 3 amide bonds. The number of rotatable bonds is 6. The number of carbonyl (C=O) groups excluding carboxylic acids is 3. The number of aromatic nitrogens is 3. The first-order chi connectivity index (χ1) is 14.6. The van der Waals surface area contributed by atoms with Crippen molar-refractivity contribution >= 4 is 17.7 Å². The van der Waals surface area contributed by atoms with Gasteiger partial charge in [0.25, 0.3) is 5.91 Å². The highest BCUT2D eigenvalue weighted by Gasteiger charge is 2.24. The van der Waals surface area contributed by atoms with Gasteiger partial charge in [0.15, 0.2) is 0 Å². The Hall–Kier alpha value is -3.27. The van der Waals surface area contributed by atoms with Crippen LogP contribution in [0.3, 0.4) is 0 Å². The topological polar surface area (TPSA) is 130 Å². The molecule has 1 aromatic heterocycles. The Morgan fingerprint density at radius 3 is 2.80 bits per heavy atom. The van der Waals surface area contributed by atoms with E-state index in [0.717, 1.165) is 25.9 Å². The number of unbranched alkanes of at least 4 members (excludes halogenated alkanes) is 1. The molecule has 2 heterocycles. The van der Waals surface area contributed by atoms with Gasteiger partial charge in [0.2, 0.25) is 11.8 Å². The average Bonchev–Trinajstić information content (AvgIpc) is 3.23. The van der Waals surface area contributed by atoms with Gasteiger partial charge in [0.1, 0.15) is 11.7 Å². The van der Waals surface area contributed by atoms with Crippen LogP contribution in [0.15, 0.2) is 30.5 Å². The Balaban J connectivity index is 1.83. The summed E-state index contributed by atoms with van der Waals surface area (Å²) in [7, 11) is 0. The molecule has 0 fully saturated rings. The standard InChI is InChI=1S/C20H27N7O3/c1-2-21-10-6-5-8-16-20(30)23-12-18(28)22-11-14-13-27(26-25-14)17-9-4-3-7-15(17)19(29)24-16/h3-4,7,9,13,16,21H,2,5-6,8,10-12H2,1H3,(H,22,28)(H,23,30)(H,24,29)/t16-/m0/s1. The monoisotopic (exact) mass is 413 g/mol. The number of amides is 3. The summed E-state index contributed by atoms with van der Waals surface area (Å²) in [6.45, 7) is 3.77. The highest BCUT2D eigenvalue weighted by molar-refractivity contribution is 6.00. The molecule has 1 aliphatic heterocycles. The Morgan fingerprint density at radius 1 is 1.13 bits per heavy atom. The maximum atomic E-state index is 13.0. The van der Waals surface area contributed by atoms with E-state index >= 15 is 0 Å². The van der Waals surface area contributed by atoms with Crippen LogP contribution in [0.5, 0.6) is 0 Å². The van der Waals surface area contributed by atoms with Crippen LogP contribution in [0.1, 0.15) is 42.2 Å². The molecular weight excluding hydrogens is 386 g/mol. The van der Waals surface area contributed by atoms with Crippen molar-refractivity contribution in [2.24, 2.45) is 0 Å². The molecule has 3 rings (SSSR count). The molecule has 10 heteroatoms. The molecule has 1 atom stereocenters. The first-order valence-corrected chi connectivity index (χ1v) is 10.1. The van der Waals surface area contributed by atoms with Crippen molar-refractivity contribution in [3.8, 4) is 5.69 Å². The number of fused-ring (bicyclic) bond motifs is 4. The summed E-state index contributed by atoms with van der Waals surface area (Å²) in [5.41, 5.74) is 1.48. The van der Waals surface area contributed by atoms with Gasteiger partial charge in [0, 0.05) is 0 Å². The van der Waals surface area contributed by atoms with Crippen LogP contribution in [-0.2, 0) is 16.1 Å². The molecule has 30 heavy (non-hydrogen) atoms. The summed E-state index contributed by atoms with van der Waals surface area (Å²) in [6.07, 6.45) is 3.77. The summed E-state index contributed by atoms with van der Waals surface area (Å²) in [6, 6.07) is 6.24. The Bertz CT molecular complexity index is 896. The van der Waals surface area contributed by atoms with E-state index in [0.29, 0.717) is 23.4 Å². The summed E-state index contributed by atoms with van der Waals surface area (Å²) in [5.74, 6) is -1.10. The molecular formula is C20H27N7O3. The van der Waals surface area contributed by atoms with Crippen LogP contribution in [0.25, 0.3) is 5.69 Å². The highest BCUT2D eigenvalue weighted by atomic mass is 16.2. The zero-order valence-electron chi connectivity index (χ0n) is 17.0. The van der Waals surface area contributed by atoms with Crippen molar-refractivity contribution in [3.63, 3.8) is 0 Å². The first-order valence-electron chi connectivity index (χ1n) is 10.1. The molecule has 0 saturated heterocycles. The number of benzene rings is 1. The lowest BCUT2D eigenvalue weighted by atomic mass is 10.1. The molecule has 1 aliphatic rings. The lowest BCUT2D eigenvalue weighted by molar-refractivity contribution is -0.127. The molecule has 4 N–H and O–H groups in total. The molecule has 10 nitrogen and oxygen atoms in total. The van der Waals surface area contributed by atoms with Crippen LogP contribution in [0.4, 0.5) is 0 Å². The van der Waals surface area contributed by atoms with Crippen molar-refractivity contribution in [1.29, 1.82) is 0 Å². The van der Waals surface area contributed by atoms with Crippen molar-refractivity contribution < 1.29 is 14.4 Å². The van der Waals surface area contributed by atoms with Gasteiger partial charge in [-0.15, -0.1) is 5.10 Å². The zero-order chi connectivity index (χ0) is 21.3. The van der Waals surface area contributed by atoms with E-state index in [9.17, 15) is 14.4 Å². The van der Waals surface area contributed by atoms with Crippen LogP contribution >= 0.6 is 0 Å². The van der Waals surface area contributed by atoms with E-state index in [1.807, 2.05) is 6.92 Å². The van der Waals surface area contributed by atoms with Gasteiger partial charge < -0.3 is 21.3 Å². The van der Waals surface area contributed by atoms with Crippen LogP contribution in [-0.4, -0.2) is 58.4 Å². The number of nitrogens with one attached hydrogen (secondary N) is 4. The fourth-order valence-electron chi connectivity index (χ4n) is 3.18. The smallest absolute Gasteiger partial charge is 0.254 e. The minimum Gasteiger partial charge on any atom is -0.349 e. The molecule has 160 valence electrons. The third kappa shape index (κ3) is 5.63. The fraction of sp³-hybridized carbons (Fsp3) is 0.450. The van der Waals surface area contributed by atoms with E-state index in [1.54, 1.807) is 30.5 Å². The number of carbonyl (C=O) groups is 3. The molecule has 1 aromatic carbocycles. The lowest BCUT2D eigenvalue weighted by Crippen LogP contribution is -2.49. The van der Waals surface area contributed by atoms with Gasteiger partial charge in [-0.25, -0.2) is 4.68 Å². The number of para-hydroxylation sites is 1. The molecule has 0 aliphatic carbocycles. The van der Waals surface area contributed by atoms with Gasteiger partial charge in [0.05, 0.1) is 30.5 Å². The predicted molar refractivity (Wildman–Crippen MR) is 110 cm³/mol. The van der Waals surface area contributed by atoms with E-state index in [4.69, 9.17) is 0 Å². The van der Waals surface area contributed by atoms with Crippen LogP contribution in [0.2, 0.25) is 0 Å². The molecule has 0 spiro atoms. The Morgan fingerprint density at radius 2 is 1.97 bits per heavy atom. The quantitative estimate of drug-likeness (QED) is 0.489. The molecule has 2 bridgehead atoms. The second-order valence-corrected chi connectivity index (χ2v) is 7.04. The second-order valence-electron chi connectivity index (χ2n) is 7.04. The minimum atomic E-state index is -0.741. The number of nitrogens with zero attached hydrogens (tertiary/aromatic N) is 3. The van der Waals surface area contributed by atoms with Gasteiger partial charge in [-0.2, -0.15) is 0 Å². The van der Waals surface area contributed by atoms with Gasteiger partial charge in [-0.3, -0.25) is 14.4 Å².